The molecule has 0 aromatic heterocycles. The van der Waals surface area contributed by atoms with Crippen molar-refractivity contribution in [3.63, 3.8) is 0 Å². The summed E-state index contributed by atoms with van der Waals surface area (Å²) in [6, 6.07) is -0.488. The molecule has 0 bridgehead atoms. The van der Waals surface area contributed by atoms with Gasteiger partial charge >= 0.3 is 0 Å². The third-order valence-electron chi connectivity index (χ3n) is 1.94. The van der Waals surface area contributed by atoms with E-state index in [1.807, 2.05) is 6.92 Å². The third kappa shape index (κ3) is 1.10. The fourth-order valence-electron chi connectivity index (χ4n) is 1.20. The smallest absolute Gasteiger partial charge is 0.257 e. The largest absolute Gasteiger partial charge is 0.335 e. The van der Waals surface area contributed by atoms with Gasteiger partial charge in [-0.15, -0.1) is 0 Å². The predicted molar refractivity (Wildman–Crippen MR) is 50.3 cm³/mol. The normalized spacial score (nSPS) is 23.7. The summed E-state index contributed by atoms with van der Waals surface area (Å²) in [6.45, 7) is 2.44. The van der Waals surface area contributed by atoms with Crippen molar-refractivity contribution < 1.29 is 4.79 Å². The van der Waals surface area contributed by atoms with E-state index in [0.29, 0.717) is 11.7 Å². The minimum Gasteiger partial charge on any atom is -0.335 e. The third-order valence-corrected chi connectivity index (χ3v) is 2.45. The van der Waals surface area contributed by atoms with Crippen molar-refractivity contribution >= 4 is 29.5 Å². The first-order chi connectivity index (χ1) is 5.63. The number of nitrogens with zero attached hydrogens (tertiary/aromatic N) is 2. The van der Waals surface area contributed by atoms with Crippen LogP contribution in [0.25, 0.3) is 0 Å². The Balaban J connectivity index is 2.93. The molecular weight excluding hydrogens is 174 g/mol. The Bertz CT molecular complexity index is 241. The lowest BCUT2D eigenvalue weighted by Crippen LogP contribution is -2.32. The molecule has 0 spiro atoms. The van der Waals surface area contributed by atoms with Crippen molar-refractivity contribution in [1.82, 2.24) is 9.80 Å². The zero-order valence-corrected chi connectivity index (χ0v) is 7.89. The van der Waals surface area contributed by atoms with Crippen LogP contribution in [-0.4, -0.2) is 46.7 Å². The van der Waals surface area contributed by atoms with Crippen LogP contribution in [0.3, 0.4) is 0 Å². The zero-order valence-electron chi connectivity index (χ0n) is 7.07. The highest BCUT2D eigenvalue weighted by Gasteiger charge is 2.37. The maximum absolute atomic E-state index is 11.4. The molecule has 1 heterocycles. The Morgan fingerprint density at radius 1 is 1.75 bits per heavy atom. The van der Waals surface area contributed by atoms with Gasteiger partial charge in [0.05, 0.1) is 0 Å². The van der Waals surface area contributed by atoms with Crippen LogP contribution in [0, 0.1) is 5.41 Å². The van der Waals surface area contributed by atoms with Gasteiger partial charge in [-0.25, -0.2) is 0 Å². The summed E-state index contributed by atoms with van der Waals surface area (Å²) < 4.78 is 0. The van der Waals surface area contributed by atoms with Crippen LogP contribution in [0.15, 0.2) is 0 Å². The van der Waals surface area contributed by atoms with E-state index in [9.17, 15) is 4.79 Å². The molecule has 1 saturated heterocycles. The summed E-state index contributed by atoms with van der Waals surface area (Å²) in [6.07, 6.45) is 1.12. The number of carbonyl (C=O) groups is 1. The lowest BCUT2D eigenvalue weighted by molar-refractivity contribution is -0.126. The molecule has 12 heavy (non-hydrogen) atoms. The predicted octanol–water partition coefficient (Wildman–Crippen LogP) is 0.0834. The minimum absolute atomic E-state index is 0.0972. The average molecular weight is 185 g/mol. The topological polar surface area (TPSA) is 47.4 Å². The molecule has 0 aliphatic carbocycles. The highest BCUT2D eigenvalue weighted by atomic mass is 32.1. The second-order valence-electron chi connectivity index (χ2n) is 2.59. The van der Waals surface area contributed by atoms with E-state index in [1.165, 1.54) is 4.90 Å². The fourth-order valence-corrected chi connectivity index (χ4v) is 1.54. The minimum atomic E-state index is -0.488. The molecule has 0 saturated carbocycles. The number of thiocarbonyl (C=S) groups is 1. The van der Waals surface area contributed by atoms with Gasteiger partial charge in [-0.3, -0.25) is 9.69 Å². The van der Waals surface area contributed by atoms with Crippen LogP contribution in [0.4, 0.5) is 0 Å². The molecule has 1 aliphatic heterocycles. The van der Waals surface area contributed by atoms with Crippen molar-refractivity contribution in [2.24, 2.45) is 0 Å². The molecule has 0 aromatic rings. The van der Waals surface area contributed by atoms with Crippen molar-refractivity contribution in [1.29, 1.82) is 5.41 Å². The van der Waals surface area contributed by atoms with Crippen LogP contribution in [-0.2, 0) is 4.79 Å². The molecule has 1 N–H and O–H groups in total. The monoisotopic (exact) mass is 185 g/mol. The van der Waals surface area contributed by atoms with Crippen molar-refractivity contribution in [2.45, 2.75) is 13.0 Å². The summed E-state index contributed by atoms with van der Waals surface area (Å²) in [7, 11) is 1.73. The van der Waals surface area contributed by atoms with Gasteiger partial charge in [0.2, 0.25) is 0 Å². The standard InChI is InChI=1S/C7H11N3OS/c1-3-10-6(11)5(4-8)9(2)7(10)12/h4-5,8H,3H2,1-2H3. The van der Waals surface area contributed by atoms with Gasteiger partial charge in [-0.2, -0.15) is 0 Å². The number of nitrogens with one attached hydrogen (secondary N) is 1. The van der Waals surface area contributed by atoms with Crippen molar-refractivity contribution in [2.75, 3.05) is 13.6 Å². The highest BCUT2D eigenvalue weighted by Crippen LogP contribution is 2.13. The van der Waals surface area contributed by atoms with Crippen LogP contribution in [0.1, 0.15) is 6.92 Å². The first-order valence-electron chi connectivity index (χ1n) is 3.72. The summed E-state index contributed by atoms with van der Waals surface area (Å²) >= 11 is 5.01. The fraction of sp³-hybridized carbons (Fsp3) is 0.571. The van der Waals surface area contributed by atoms with Crippen molar-refractivity contribution in [3.05, 3.63) is 0 Å². The highest BCUT2D eigenvalue weighted by molar-refractivity contribution is 7.80. The number of carbonyl (C=O) groups excluding carboxylic acids is 1. The van der Waals surface area contributed by atoms with Gasteiger partial charge in [0, 0.05) is 19.8 Å². The summed E-state index contributed by atoms with van der Waals surface area (Å²) in [4.78, 5) is 14.6. The first-order valence-corrected chi connectivity index (χ1v) is 4.13. The summed E-state index contributed by atoms with van der Waals surface area (Å²) in [5, 5.41) is 7.55. The van der Waals surface area contributed by atoms with E-state index < -0.39 is 6.04 Å². The van der Waals surface area contributed by atoms with E-state index in [-0.39, 0.29) is 5.91 Å². The Morgan fingerprint density at radius 3 is 2.58 bits per heavy atom. The molecule has 4 nitrogen and oxygen atoms in total. The molecule has 0 radical (unpaired) electrons. The molecular formula is C7H11N3OS. The van der Waals surface area contributed by atoms with Crippen LogP contribution >= 0.6 is 12.2 Å². The molecule has 1 atom stereocenters. The van der Waals surface area contributed by atoms with E-state index in [4.69, 9.17) is 17.6 Å². The van der Waals surface area contributed by atoms with Gasteiger partial charge in [-0.1, -0.05) is 0 Å². The van der Waals surface area contributed by atoms with E-state index in [0.717, 1.165) is 6.21 Å². The zero-order chi connectivity index (χ0) is 9.30. The van der Waals surface area contributed by atoms with Gasteiger partial charge in [0.25, 0.3) is 5.91 Å². The molecule has 1 unspecified atom stereocenters. The molecule has 5 heteroatoms. The number of likely N-dealkylation sites (N-methyl/N-ethyl adjacent to an activating group) is 2. The van der Waals surface area contributed by atoms with Crippen LogP contribution in [0.5, 0.6) is 0 Å². The summed E-state index contributed by atoms with van der Waals surface area (Å²) in [5.41, 5.74) is 0. The molecule has 1 amide bonds. The Hall–Kier alpha value is -0.970. The molecule has 66 valence electrons. The number of amides is 1. The lowest BCUT2D eigenvalue weighted by atomic mass is 10.3. The quantitative estimate of drug-likeness (QED) is 0.489. The van der Waals surface area contributed by atoms with Crippen LogP contribution < -0.4 is 0 Å². The number of hydrogen-bond acceptors (Lipinski definition) is 3. The molecule has 1 rings (SSSR count). The second-order valence-corrected chi connectivity index (χ2v) is 2.95. The van der Waals surface area contributed by atoms with Gasteiger partial charge in [0.1, 0.15) is 6.04 Å². The Morgan fingerprint density at radius 2 is 2.33 bits per heavy atom. The first kappa shape index (κ1) is 9.12. The average Bonchev–Trinajstić information content (AvgIpc) is 2.25. The van der Waals surface area contributed by atoms with Gasteiger partial charge in [-0.05, 0) is 19.1 Å². The van der Waals surface area contributed by atoms with Gasteiger partial charge < -0.3 is 10.3 Å². The SMILES string of the molecule is CCN1C(=O)C(C=N)N(C)C1=S. The molecule has 1 fully saturated rings. The number of hydrogen-bond donors (Lipinski definition) is 1. The van der Waals surface area contributed by atoms with Gasteiger partial charge in [0.15, 0.2) is 5.11 Å². The summed E-state index contributed by atoms with van der Waals surface area (Å²) in [5.74, 6) is -0.0972. The van der Waals surface area contributed by atoms with E-state index in [2.05, 4.69) is 0 Å². The maximum atomic E-state index is 11.4. The Kier molecular flexibility index (Phi) is 2.42. The molecule has 1 aliphatic rings. The number of rotatable bonds is 2. The second kappa shape index (κ2) is 3.18. The van der Waals surface area contributed by atoms with Crippen LogP contribution in [0.2, 0.25) is 0 Å². The molecule has 0 aromatic carbocycles. The van der Waals surface area contributed by atoms with Crippen molar-refractivity contribution in [3.8, 4) is 0 Å². The van der Waals surface area contributed by atoms with E-state index >= 15 is 0 Å². The van der Waals surface area contributed by atoms with E-state index in [1.54, 1.807) is 11.9 Å². The maximum Gasteiger partial charge on any atom is 0.257 e. The Labute approximate surface area is 76.6 Å². The lowest BCUT2D eigenvalue weighted by Gasteiger charge is -2.14.